The van der Waals surface area contributed by atoms with E-state index in [1.54, 1.807) is 29.9 Å². The van der Waals surface area contributed by atoms with Crippen LogP contribution in [-0.4, -0.2) is 20.3 Å². The van der Waals surface area contributed by atoms with Crippen molar-refractivity contribution >= 4 is 17.2 Å². The lowest BCUT2D eigenvalue weighted by Gasteiger charge is -2.16. The third kappa shape index (κ3) is 3.46. The molecule has 1 aromatic heterocycles. The molecule has 1 N–H and O–H groups in total. The Hall–Kier alpha value is -3.48. The molecule has 0 aliphatic rings. The molecule has 1 heterocycles. The van der Waals surface area contributed by atoms with Crippen LogP contribution in [0.5, 0.6) is 0 Å². The van der Waals surface area contributed by atoms with E-state index in [-0.39, 0.29) is 28.9 Å². The monoisotopic (exact) mass is 350 g/mol. The minimum Gasteiger partial charge on any atom is -0.373 e. The molecule has 0 aliphatic heterocycles. The fraction of sp³-hybridized carbons (Fsp3) is 0.158. The molecule has 0 spiro atoms. The van der Waals surface area contributed by atoms with Crippen molar-refractivity contribution in [3.63, 3.8) is 0 Å². The lowest BCUT2D eigenvalue weighted by Crippen LogP contribution is -2.11. The Balaban J connectivity index is 1.91. The Bertz CT molecular complexity index is 950. The first-order chi connectivity index (χ1) is 12.5. The second-order valence-corrected chi connectivity index (χ2v) is 5.96. The molecule has 3 rings (SSSR count). The molecule has 0 amide bonds. The van der Waals surface area contributed by atoms with E-state index in [0.29, 0.717) is 5.69 Å². The molecule has 0 aliphatic carbocycles. The quantitative estimate of drug-likeness (QED) is 0.415. The van der Waals surface area contributed by atoms with Crippen molar-refractivity contribution in [2.45, 2.75) is 13.0 Å². The Morgan fingerprint density at radius 2 is 1.96 bits per heavy atom. The van der Waals surface area contributed by atoms with Crippen LogP contribution in [0.25, 0.3) is 0 Å². The smallest absolute Gasteiger partial charge is 0.293 e. The van der Waals surface area contributed by atoms with Gasteiger partial charge >= 0.3 is 0 Å². The van der Waals surface area contributed by atoms with E-state index in [9.17, 15) is 14.9 Å². The van der Waals surface area contributed by atoms with E-state index in [1.165, 1.54) is 12.3 Å². The molecule has 0 radical (unpaired) electrons. The molecular weight excluding hydrogens is 332 g/mol. The van der Waals surface area contributed by atoms with Crippen molar-refractivity contribution in [2.75, 3.05) is 5.32 Å². The van der Waals surface area contributed by atoms with Crippen molar-refractivity contribution in [3.05, 3.63) is 88.0 Å². The zero-order valence-electron chi connectivity index (χ0n) is 14.4. The minimum absolute atomic E-state index is 0.119. The second-order valence-electron chi connectivity index (χ2n) is 5.96. The molecule has 26 heavy (non-hydrogen) atoms. The van der Waals surface area contributed by atoms with Crippen LogP contribution in [0.15, 0.2) is 60.9 Å². The number of nitro benzene ring substituents is 1. The number of aromatic nitrogens is 2. The first kappa shape index (κ1) is 17.3. The zero-order chi connectivity index (χ0) is 18.7. The number of aryl methyl sites for hydroxylation is 1. The highest BCUT2D eigenvalue weighted by molar-refractivity contribution is 6.07. The largest absolute Gasteiger partial charge is 0.373 e. The summed E-state index contributed by atoms with van der Waals surface area (Å²) in [4.78, 5) is 27.5. The molecule has 0 saturated carbocycles. The van der Waals surface area contributed by atoms with E-state index in [4.69, 9.17) is 0 Å². The van der Waals surface area contributed by atoms with Crippen molar-refractivity contribution in [1.82, 2.24) is 9.55 Å². The van der Waals surface area contributed by atoms with Crippen LogP contribution >= 0.6 is 0 Å². The number of anilines is 1. The highest BCUT2D eigenvalue weighted by Crippen LogP contribution is 2.29. The highest BCUT2D eigenvalue weighted by atomic mass is 16.6. The SMILES string of the molecule is CC(Nc1ccc(C(=O)c2nccn2C)cc1[N+](=O)[O-])c1ccccc1. The first-order valence-corrected chi connectivity index (χ1v) is 8.09. The molecule has 0 bridgehead atoms. The summed E-state index contributed by atoms with van der Waals surface area (Å²) in [5.74, 6) is -0.124. The molecule has 0 saturated heterocycles. The van der Waals surface area contributed by atoms with Crippen LogP contribution in [0.2, 0.25) is 0 Å². The summed E-state index contributed by atoms with van der Waals surface area (Å²) in [7, 11) is 1.70. The van der Waals surface area contributed by atoms with Gasteiger partial charge in [0.25, 0.3) is 5.69 Å². The Morgan fingerprint density at radius 1 is 1.23 bits per heavy atom. The number of nitrogens with zero attached hydrogens (tertiary/aromatic N) is 3. The minimum atomic E-state index is -0.491. The number of hydrogen-bond acceptors (Lipinski definition) is 5. The van der Waals surface area contributed by atoms with Crippen LogP contribution in [0.3, 0.4) is 0 Å². The summed E-state index contributed by atoms with van der Waals surface area (Å²) in [5.41, 5.74) is 1.45. The van der Waals surface area contributed by atoms with Gasteiger partial charge in [-0.1, -0.05) is 30.3 Å². The summed E-state index contributed by atoms with van der Waals surface area (Å²) >= 11 is 0. The maximum Gasteiger partial charge on any atom is 0.293 e. The van der Waals surface area contributed by atoms with E-state index in [1.807, 2.05) is 37.3 Å². The number of nitrogens with one attached hydrogen (secondary N) is 1. The van der Waals surface area contributed by atoms with Gasteiger partial charge in [0.15, 0.2) is 5.82 Å². The maximum absolute atomic E-state index is 12.5. The van der Waals surface area contributed by atoms with E-state index in [0.717, 1.165) is 5.56 Å². The Labute approximate surface area is 150 Å². The topological polar surface area (TPSA) is 90.1 Å². The van der Waals surface area contributed by atoms with Gasteiger partial charge in [-0.3, -0.25) is 14.9 Å². The number of carbonyl (C=O) groups is 1. The van der Waals surface area contributed by atoms with Gasteiger partial charge in [-0.15, -0.1) is 0 Å². The van der Waals surface area contributed by atoms with Crippen molar-refractivity contribution < 1.29 is 9.72 Å². The number of ketones is 1. The predicted molar refractivity (Wildman–Crippen MR) is 98.2 cm³/mol. The highest BCUT2D eigenvalue weighted by Gasteiger charge is 2.21. The average Bonchev–Trinajstić information content (AvgIpc) is 3.08. The Morgan fingerprint density at radius 3 is 2.58 bits per heavy atom. The molecule has 3 aromatic rings. The van der Waals surface area contributed by atoms with Gasteiger partial charge < -0.3 is 9.88 Å². The van der Waals surface area contributed by atoms with Crippen LogP contribution in [0, 0.1) is 10.1 Å². The van der Waals surface area contributed by atoms with E-state index in [2.05, 4.69) is 10.3 Å². The van der Waals surface area contributed by atoms with Crippen LogP contribution in [0.4, 0.5) is 11.4 Å². The fourth-order valence-corrected chi connectivity index (χ4v) is 2.72. The predicted octanol–water partition coefficient (Wildman–Crippen LogP) is 3.73. The van der Waals surface area contributed by atoms with Crippen molar-refractivity contribution in [1.29, 1.82) is 0 Å². The lowest BCUT2D eigenvalue weighted by molar-refractivity contribution is -0.384. The normalized spacial score (nSPS) is 11.8. The number of carbonyl (C=O) groups excluding carboxylic acids is 1. The van der Waals surface area contributed by atoms with Crippen molar-refractivity contribution in [2.24, 2.45) is 7.05 Å². The standard InChI is InChI=1S/C19H18N4O3/c1-13(14-6-4-3-5-7-14)21-16-9-8-15(12-17(16)23(25)26)18(24)19-20-10-11-22(19)2/h3-13,21H,1-2H3. The van der Waals surface area contributed by atoms with Gasteiger partial charge in [-0.25, -0.2) is 4.98 Å². The molecule has 0 fully saturated rings. The van der Waals surface area contributed by atoms with Gasteiger partial charge in [0, 0.05) is 37.1 Å². The van der Waals surface area contributed by atoms with Crippen LogP contribution in [0.1, 0.15) is 34.7 Å². The molecule has 2 aromatic carbocycles. The van der Waals surface area contributed by atoms with Crippen LogP contribution < -0.4 is 5.32 Å². The lowest BCUT2D eigenvalue weighted by atomic mass is 10.1. The third-order valence-electron chi connectivity index (χ3n) is 4.15. The summed E-state index contributed by atoms with van der Waals surface area (Å²) in [6.45, 7) is 1.92. The summed E-state index contributed by atoms with van der Waals surface area (Å²) in [6, 6.07) is 13.9. The number of hydrogen-bond donors (Lipinski definition) is 1. The molecule has 7 nitrogen and oxygen atoms in total. The molecule has 1 unspecified atom stereocenters. The first-order valence-electron chi connectivity index (χ1n) is 8.09. The van der Waals surface area contributed by atoms with Gasteiger partial charge in [-0.2, -0.15) is 0 Å². The Kier molecular flexibility index (Phi) is 4.79. The van der Waals surface area contributed by atoms with E-state index >= 15 is 0 Å². The number of benzene rings is 2. The molecule has 132 valence electrons. The van der Waals surface area contributed by atoms with Crippen LogP contribution in [-0.2, 0) is 7.05 Å². The number of nitro groups is 1. The third-order valence-corrected chi connectivity index (χ3v) is 4.15. The number of rotatable bonds is 6. The van der Waals surface area contributed by atoms with E-state index < -0.39 is 4.92 Å². The fourth-order valence-electron chi connectivity index (χ4n) is 2.72. The van der Waals surface area contributed by atoms with Gasteiger partial charge in [0.2, 0.25) is 5.78 Å². The van der Waals surface area contributed by atoms with Crippen molar-refractivity contribution in [3.8, 4) is 0 Å². The molecule has 7 heteroatoms. The summed E-state index contributed by atoms with van der Waals surface area (Å²) < 4.78 is 1.58. The maximum atomic E-state index is 12.5. The average molecular weight is 350 g/mol. The second kappa shape index (κ2) is 7.18. The van der Waals surface area contributed by atoms with Gasteiger partial charge in [0.1, 0.15) is 5.69 Å². The molecular formula is C19H18N4O3. The summed E-state index contributed by atoms with van der Waals surface area (Å²) in [5, 5.41) is 14.6. The van der Waals surface area contributed by atoms with Gasteiger partial charge in [-0.05, 0) is 24.6 Å². The van der Waals surface area contributed by atoms with Gasteiger partial charge in [0.05, 0.1) is 4.92 Å². The summed E-state index contributed by atoms with van der Waals surface area (Å²) in [6.07, 6.45) is 3.16. The number of imidazole rings is 1. The molecule has 1 atom stereocenters. The zero-order valence-corrected chi connectivity index (χ0v) is 14.4.